The van der Waals surface area contributed by atoms with Crippen molar-refractivity contribution in [3.63, 3.8) is 0 Å². The first-order valence-corrected chi connectivity index (χ1v) is 8.59. The molecule has 25 heavy (non-hydrogen) atoms. The fourth-order valence-corrected chi connectivity index (χ4v) is 3.13. The van der Waals surface area contributed by atoms with Crippen molar-refractivity contribution in [1.29, 1.82) is 0 Å². The standard InChI is InChI=1S/C19H22N6/c1-14-13-17(25-11-9-24(2)10-12-25)23-19(21-14)22-16-7-3-5-15-6-4-8-20-18(15)16/h3-8,13H,9-12H2,1-2H3,(H,21,22,23). The molecule has 1 fully saturated rings. The molecule has 4 rings (SSSR count). The van der Waals surface area contributed by atoms with E-state index in [1.54, 1.807) is 6.20 Å². The summed E-state index contributed by atoms with van der Waals surface area (Å²) in [5.74, 6) is 1.60. The number of aromatic nitrogens is 3. The number of piperazine rings is 1. The molecule has 3 heterocycles. The van der Waals surface area contributed by atoms with Crippen LogP contribution in [0.4, 0.5) is 17.5 Å². The highest BCUT2D eigenvalue weighted by Gasteiger charge is 2.16. The molecule has 0 bridgehead atoms. The van der Waals surface area contributed by atoms with E-state index in [2.05, 4.69) is 50.3 Å². The fourth-order valence-electron chi connectivity index (χ4n) is 3.13. The van der Waals surface area contributed by atoms with Crippen LogP contribution in [0.25, 0.3) is 10.9 Å². The van der Waals surface area contributed by atoms with Crippen LogP contribution in [-0.2, 0) is 0 Å². The number of nitrogens with zero attached hydrogens (tertiary/aromatic N) is 5. The van der Waals surface area contributed by atoms with Gasteiger partial charge in [0.2, 0.25) is 5.95 Å². The van der Waals surface area contributed by atoms with E-state index < -0.39 is 0 Å². The van der Waals surface area contributed by atoms with Gasteiger partial charge in [0.1, 0.15) is 5.82 Å². The maximum absolute atomic E-state index is 4.74. The Labute approximate surface area is 147 Å². The maximum Gasteiger partial charge on any atom is 0.229 e. The summed E-state index contributed by atoms with van der Waals surface area (Å²) in [6.45, 7) is 6.09. The Hall–Kier alpha value is -2.73. The highest BCUT2D eigenvalue weighted by atomic mass is 15.3. The van der Waals surface area contributed by atoms with Gasteiger partial charge >= 0.3 is 0 Å². The largest absolute Gasteiger partial charge is 0.354 e. The van der Waals surface area contributed by atoms with Crippen LogP contribution in [0.1, 0.15) is 5.69 Å². The molecule has 1 aliphatic heterocycles. The Morgan fingerprint density at radius 1 is 1.00 bits per heavy atom. The van der Waals surface area contributed by atoms with Crippen molar-refractivity contribution < 1.29 is 0 Å². The van der Waals surface area contributed by atoms with Gasteiger partial charge in [-0.15, -0.1) is 0 Å². The topological polar surface area (TPSA) is 57.2 Å². The summed E-state index contributed by atoms with van der Waals surface area (Å²) in [5, 5.41) is 4.45. The fraction of sp³-hybridized carbons (Fsp3) is 0.316. The van der Waals surface area contributed by atoms with Crippen LogP contribution < -0.4 is 10.2 Å². The summed E-state index contributed by atoms with van der Waals surface area (Å²) in [5.41, 5.74) is 2.81. The van der Waals surface area contributed by atoms with E-state index in [0.29, 0.717) is 5.95 Å². The predicted octanol–water partition coefficient (Wildman–Crippen LogP) is 2.83. The molecule has 6 nitrogen and oxygen atoms in total. The predicted molar refractivity (Wildman–Crippen MR) is 102 cm³/mol. The van der Waals surface area contributed by atoms with Crippen LogP contribution in [0.3, 0.4) is 0 Å². The first-order valence-electron chi connectivity index (χ1n) is 8.59. The van der Waals surface area contributed by atoms with E-state index in [4.69, 9.17) is 4.98 Å². The van der Waals surface area contributed by atoms with Crippen LogP contribution >= 0.6 is 0 Å². The summed E-state index contributed by atoms with van der Waals surface area (Å²) < 4.78 is 0. The highest BCUT2D eigenvalue weighted by molar-refractivity contribution is 5.91. The maximum atomic E-state index is 4.74. The lowest BCUT2D eigenvalue weighted by molar-refractivity contribution is 0.312. The molecule has 0 radical (unpaired) electrons. The first kappa shape index (κ1) is 15.8. The van der Waals surface area contributed by atoms with Gasteiger partial charge in [0.15, 0.2) is 0 Å². The molecule has 6 heteroatoms. The van der Waals surface area contributed by atoms with E-state index in [9.17, 15) is 0 Å². The van der Waals surface area contributed by atoms with Crippen LogP contribution in [0.5, 0.6) is 0 Å². The minimum Gasteiger partial charge on any atom is -0.354 e. The number of hydrogen-bond donors (Lipinski definition) is 1. The molecule has 3 aromatic rings. The van der Waals surface area contributed by atoms with Crippen molar-refractivity contribution in [1.82, 2.24) is 19.9 Å². The van der Waals surface area contributed by atoms with Gasteiger partial charge in [-0.3, -0.25) is 4.98 Å². The lowest BCUT2D eigenvalue weighted by atomic mass is 10.2. The zero-order chi connectivity index (χ0) is 17.2. The molecule has 128 valence electrons. The lowest BCUT2D eigenvalue weighted by Crippen LogP contribution is -2.44. The molecular formula is C19H22N6. The van der Waals surface area contributed by atoms with Crippen molar-refractivity contribution in [2.75, 3.05) is 43.4 Å². The average molecular weight is 334 g/mol. The van der Waals surface area contributed by atoms with E-state index >= 15 is 0 Å². The van der Waals surface area contributed by atoms with Gasteiger partial charge in [0.05, 0.1) is 11.2 Å². The lowest BCUT2D eigenvalue weighted by Gasteiger charge is -2.33. The van der Waals surface area contributed by atoms with Gasteiger partial charge < -0.3 is 15.1 Å². The van der Waals surface area contributed by atoms with Gasteiger partial charge in [-0.05, 0) is 26.1 Å². The summed E-state index contributed by atoms with van der Waals surface area (Å²) >= 11 is 0. The van der Waals surface area contributed by atoms with Gasteiger partial charge in [-0.25, -0.2) is 4.98 Å². The van der Waals surface area contributed by atoms with E-state index in [0.717, 1.165) is 54.3 Å². The number of hydrogen-bond acceptors (Lipinski definition) is 6. The zero-order valence-electron chi connectivity index (χ0n) is 14.6. The van der Waals surface area contributed by atoms with E-state index in [1.807, 2.05) is 25.1 Å². The molecule has 0 amide bonds. The van der Waals surface area contributed by atoms with Crippen LogP contribution in [0.2, 0.25) is 0 Å². The monoisotopic (exact) mass is 334 g/mol. The summed E-state index contributed by atoms with van der Waals surface area (Å²) in [7, 11) is 2.16. The average Bonchev–Trinajstić information content (AvgIpc) is 2.62. The van der Waals surface area contributed by atoms with Crippen molar-refractivity contribution in [2.24, 2.45) is 0 Å². The number of benzene rings is 1. The number of aryl methyl sites for hydroxylation is 1. The SMILES string of the molecule is Cc1cc(N2CCN(C)CC2)nc(Nc2cccc3cccnc23)n1. The molecule has 0 spiro atoms. The summed E-state index contributed by atoms with van der Waals surface area (Å²) in [4.78, 5) is 18.4. The third-order valence-corrected chi connectivity index (χ3v) is 4.55. The van der Waals surface area contributed by atoms with Gasteiger partial charge in [-0.1, -0.05) is 18.2 Å². The minimum absolute atomic E-state index is 0.618. The Bertz CT molecular complexity index is 881. The Morgan fingerprint density at radius 3 is 2.64 bits per heavy atom. The normalized spacial score (nSPS) is 15.5. The van der Waals surface area contributed by atoms with Crippen LogP contribution in [0, 0.1) is 6.92 Å². The van der Waals surface area contributed by atoms with Crippen LogP contribution in [0.15, 0.2) is 42.6 Å². The summed E-state index contributed by atoms with van der Waals surface area (Å²) in [6, 6.07) is 12.1. The van der Waals surface area contributed by atoms with Crippen molar-refractivity contribution >= 4 is 28.4 Å². The number of rotatable bonds is 3. The second-order valence-electron chi connectivity index (χ2n) is 6.49. The van der Waals surface area contributed by atoms with Gasteiger partial charge in [0.25, 0.3) is 0 Å². The third kappa shape index (κ3) is 3.39. The smallest absolute Gasteiger partial charge is 0.229 e. The molecule has 2 aromatic heterocycles. The Kier molecular flexibility index (Phi) is 4.19. The Balaban J connectivity index is 1.64. The van der Waals surface area contributed by atoms with Crippen molar-refractivity contribution in [3.05, 3.63) is 48.3 Å². The van der Waals surface area contributed by atoms with Crippen LogP contribution in [-0.4, -0.2) is 53.1 Å². The molecule has 1 aromatic carbocycles. The Morgan fingerprint density at radius 2 is 1.80 bits per heavy atom. The number of fused-ring (bicyclic) bond motifs is 1. The number of pyridine rings is 1. The molecule has 0 unspecified atom stereocenters. The van der Waals surface area contributed by atoms with E-state index in [-0.39, 0.29) is 0 Å². The first-order chi connectivity index (χ1) is 12.2. The molecule has 0 atom stereocenters. The third-order valence-electron chi connectivity index (χ3n) is 4.55. The number of nitrogens with one attached hydrogen (secondary N) is 1. The highest BCUT2D eigenvalue weighted by Crippen LogP contribution is 2.24. The quantitative estimate of drug-likeness (QED) is 0.795. The summed E-state index contributed by atoms with van der Waals surface area (Å²) in [6.07, 6.45) is 1.81. The molecule has 0 aliphatic carbocycles. The van der Waals surface area contributed by atoms with Crippen molar-refractivity contribution in [2.45, 2.75) is 6.92 Å². The number of anilines is 3. The van der Waals surface area contributed by atoms with Gasteiger partial charge in [0, 0.05) is 49.5 Å². The van der Waals surface area contributed by atoms with Gasteiger partial charge in [-0.2, -0.15) is 4.98 Å². The molecule has 1 N–H and O–H groups in total. The molecule has 1 saturated heterocycles. The van der Waals surface area contributed by atoms with E-state index in [1.165, 1.54) is 0 Å². The minimum atomic E-state index is 0.618. The number of para-hydroxylation sites is 1. The molecule has 1 aliphatic rings. The second-order valence-corrected chi connectivity index (χ2v) is 6.49. The van der Waals surface area contributed by atoms with Crippen molar-refractivity contribution in [3.8, 4) is 0 Å². The second kappa shape index (κ2) is 6.64. The molecular weight excluding hydrogens is 312 g/mol. The molecule has 0 saturated carbocycles. The number of likely N-dealkylation sites (N-methyl/N-ethyl adjacent to an activating group) is 1. The zero-order valence-corrected chi connectivity index (χ0v) is 14.6.